The number of hydrogen-bond acceptors (Lipinski definition) is 6. The third-order valence-electron chi connectivity index (χ3n) is 5.06. The molecule has 0 saturated carbocycles. The number of nitrogens with zero attached hydrogens (tertiary/aromatic N) is 3. The summed E-state index contributed by atoms with van der Waals surface area (Å²) in [6, 6.07) is 5.65. The molecule has 3 aromatic heterocycles. The van der Waals surface area contributed by atoms with Gasteiger partial charge in [0.2, 0.25) is 0 Å². The first-order chi connectivity index (χ1) is 12.0. The van der Waals surface area contributed by atoms with Crippen molar-refractivity contribution in [3.05, 3.63) is 48.0 Å². The monoisotopic (exact) mass is 336 g/mol. The van der Waals surface area contributed by atoms with Crippen LogP contribution in [0.4, 0.5) is 5.82 Å². The standard InChI is InChI=1S/C19H20N4O2/c1-11-15-9-23-18(20)7-14(15)16(10-21-11)17-4-3-13(8-22-17)19(24)5-6-25-12(19)2/h3-4,7-10,12,24H,5-6H2,1-2H3,(H2,20,23)/t12-,19+/m1/s1. The molecule has 0 amide bonds. The fourth-order valence-corrected chi connectivity index (χ4v) is 3.41. The van der Waals surface area contributed by atoms with Crippen molar-refractivity contribution in [2.75, 3.05) is 12.3 Å². The molecular formula is C19H20N4O2. The molecule has 0 aliphatic carbocycles. The molecule has 4 heterocycles. The van der Waals surface area contributed by atoms with E-state index in [0.717, 1.165) is 33.3 Å². The maximum absolute atomic E-state index is 10.8. The highest BCUT2D eigenvalue weighted by Crippen LogP contribution is 2.36. The second-order valence-electron chi connectivity index (χ2n) is 6.53. The van der Waals surface area contributed by atoms with Crippen molar-refractivity contribution in [2.24, 2.45) is 0 Å². The lowest BCUT2D eigenvalue weighted by Crippen LogP contribution is -2.33. The van der Waals surface area contributed by atoms with Crippen molar-refractivity contribution in [3.63, 3.8) is 0 Å². The van der Waals surface area contributed by atoms with Crippen LogP contribution in [0.3, 0.4) is 0 Å². The molecule has 0 unspecified atom stereocenters. The highest BCUT2D eigenvalue weighted by atomic mass is 16.5. The molecule has 6 heteroatoms. The average molecular weight is 336 g/mol. The Morgan fingerprint density at radius 2 is 2.00 bits per heavy atom. The second-order valence-corrected chi connectivity index (χ2v) is 6.53. The minimum absolute atomic E-state index is 0.243. The quantitative estimate of drug-likeness (QED) is 0.747. The van der Waals surface area contributed by atoms with Gasteiger partial charge in [0.05, 0.1) is 18.4 Å². The molecule has 1 saturated heterocycles. The van der Waals surface area contributed by atoms with Crippen LogP contribution in [0.25, 0.3) is 22.0 Å². The predicted octanol–water partition coefficient (Wildman–Crippen LogP) is 2.58. The lowest BCUT2D eigenvalue weighted by atomic mass is 9.89. The Kier molecular flexibility index (Phi) is 3.67. The van der Waals surface area contributed by atoms with Crippen LogP contribution in [-0.2, 0) is 10.3 Å². The van der Waals surface area contributed by atoms with Crippen LogP contribution in [0.2, 0.25) is 0 Å². The van der Waals surface area contributed by atoms with E-state index in [9.17, 15) is 5.11 Å². The van der Waals surface area contributed by atoms with Crippen molar-refractivity contribution >= 4 is 16.6 Å². The zero-order valence-electron chi connectivity index (χ0n) is 14.2. The largest absolute Gasteiger partial charge is 0.384 e. The van der Waals surface area contributed by atoms with Crippen LogP contribution in [0.1, 0.15) is 24.6 Å². The number of aliphatic hydroxyl groups is 1. The number of anilines is 1. The van der Waals surface area contributed by atoms with Crippen molar-refractivity contribution in [1.82, 2.24) is 15.0 Å². The molecule has 4 rings (SSSR count). The van der Waals surface area contributed by atoms with Gasteiger partial charge in [-0.2, -0.15) is 0 Å². The summed E-state index contributed by atoms with van der Waals surface area (Å²) < 4.78 is 5.51. The fraction of sp³-hybridized carbons (Fsp3) is 0.316. The normalized spacial score (nSPS) is 23.2. The Balaban J connectivity index is 1.80. The summed E-state index contributed by atoms with van der Waals surface area (Å²) in [4.78, 5) is 13.2. The number of aryl methyl sites for hydroxylation is 1. The third-order valence-corrected chi connectivity index (χ3v) is 5.06. The lowest BCUT2D eigenvalue weighted by molar-refractivity contribution is -0.0319. The molecule has 1 aliphatic heterocycles. The molecule has 1 fully saturated rings. The van der Waals surface area contributed by atoms with Gasteiger partial charge in [-0.3, -0.25) is 9.97 Å². The van der Waals surface area contributed by atoms with Crippen molar-refractivity contribution in [1.29, 1.82) is 0 Å². The van der Waals surface area contributed by atoms with E-state index >= 15 is 0 Å². The Morgan fingerprint density at radius 1 is 1.16 bits per heavy atom. The van der Waals surface area contributed by atoms with E-state index in [-0.39, 0.29) is 6.10 Å². The van der Waals surface area contributed by atoms with E-state index < -0.39 is 5.60 Å². The SMILES string of the molecule is Cc1ncc(-c2ccc([C@]3(O)CCO[C@@H]3C)cn2)c2cc(N)ncc12. The zero-order chi connectivity index (χ0) is 17.6. The van der Waals surface area contributed by atoms with Crippen LogP contribution in [0.15, 0.2) is 36.8 Å². The fourth-order valence-electron chi connectivity index (χ4n) is 3.41. The zero-order valence-corrected chi connectivity index (χ0v) is 14.2. The maximum atomic E-state index is 10.8. The number of fused-ring (bicyclic) bond motifs is 1. The van der Waals surface area contributed by atoms with E-state index in [4.69, 9.17) is 10.5 Å². The minimum atomic E-state index is -0.979. The van der Waals surface area contributed by atoms with Gasteiger partial charge in [0.1, 0.15) is 11.4 Å². The Morgan fingerprint density at radius 3 is 2.68 bits per heavy atom. The van der Waals surface area contributed by atoms with Crippen LogP contribution in [-0.4, -0.2) is 32.8 Å². The number of nitrogens with two attached hydrogens (primary N) is 1. The van der Waals surface area contributed by atoms with Gasteiger partial charge in [0.15, 0.2) is 0 Å². The first-order valence-electron chi connectivity index (χ1n) is 8.31. The first kappa shape index (κ1) is 15.9. The molecule has 1 aliphatic rings. The van der Waals surface area contributed by atoms with E-state index in [1.165, 1.54) is 0 Å². The summed E-state index contributed by atoms with van der Waals surface area (Å²) in [7, 11) is 0. The molecule has 0 radical (unpaired) electrons. The van der Waals surface area contributed by atoms with E-state index in [0.29, 0.717) is 18.8 Å². The summed E-state index contributed by atoms with van der Waals surface area (Å²) in [5.74, 6) is 0.460. The van der Waals surface area contributed by atoms with Crippen molar-refractivity contribution in [2.45, 2.75) is 32.0 Å². The number of ether oxygens (including phenoxy) is 1. The number of aromatic nitrogens is 3. The van der Waals surface area contributed by atoms with E-state index in [1.54, 1.807) is 18.6 Å². The van der Waals surface area contributed by atoms with Gasteiger partial charge in [-0.25, -0.2) is 4.98 Å². The summed E-state index contributed by atoms with van der Waals surface area (Å²) in [6.07, 6.45) is 5.59. The molecule has 0 aromatic carbocycles. The van der Waals surface area contributed by atoms with Gasteiger partial charge in [-0.05, 0) is 31.4 Å². The molecular weight excluding hydrogens is 316 g/mol. The molecule has 0 bridgehead atoms. The van der Waals surface area contributed by atoms with Gasteiger partial charge in [0.25, 0.3) is 0 Å². The van der Waals surface area contributed by atoms with Gasteiger partial charge in [-0.1, -0.05) is 6.07 Å². The highest BCUT2D eigenvalue weighted by Gasteiger charge is 2.41. The number of nitrogen functional groups attached to an aromatic ring is 1. The van der Waals surface area contributed by atoms with Crippen LogP contribution < -0.4 is 5.73 Å². The van der Waals surface area contributed by atoms with Crippen molar-refractivity contribution < 1.29 is 9.84 Å². The van der Waals surface area contributed by atoms with Crippen LogP contribution in [0, 0.1) is 6.92 Å². The lowest BCUT2D eigenvalue weighted by Gasteiger charge is -2.26. The predicted molar refractivity (Wildman–Crippen MR) is 95.8 cm³/mol. The molecule has 3 N–H and O–H groups in total. The summed E-state index contributed by atoms with van der Waals surface area (Å²) in [5.41, 5.74) is 8.22. The number of rotatable bonds is 2. The average Bonchev–Trinajstić information content (AvgIpc) is 2.95. The van der Waals surface area contributed by atoms with Crippen LogP contribution in [0.5, 0.6) is 0 Å². The highest BCUT2D eigenvalue weighted by molar-refractivity contribution is 5.97. The van der Waals surface area contributed by atoms with Crippen molar-refractivity contribution in [3.8, 4) is 11.3 Å². The van der Waals surface area contributed by atoms with Crippen LogP contribution >= 0.6 is 0 Å². The molecule has 3 aromatic rings. The summed E-state index contributed by atoms with van der Waals surface area (Å²) in [5, 5.41) is 12.8. The van der Waals surface area contributed by atoms with E-state index in [2.05, 4.69) is 15.0 Å². The Bertz CT molecular complexity index is 942. The Hall–Kier alpha value is -2.57. The molecule has 0 spiro atoms. The van der Waals surface area contributed by atoms with Gasteiger partial charge >= 0.3 is 0 Å². The molecule has 128 valence electrons. The first-order valence-corrected chi connectivity index (χ1v) is 8.31. The summed E-state index contributed by atoms with van der Waals surface area (Å²) >= 11 is 0. The minimum Gasteiger partial charge on any atom is -0.384 e. The van der Waals surface area contributed by atoms with E-state index in [1.807, 2.05) is 32.0 Å². The van der Waals surface area contributed by atoms with Gasteiger partial charge < -0.3 is 15.6 Å². The molecule has 2 atom stereocenters. The maximum Gasteiger partial charge on any atom is 0.123 e. The molecule has 25 heavy (non-hydrogen) atoms. The second kappa shape index (κ2) is 5.75. The van der Waals surface area contributed by atoms with Gasteiger partial charge in [-0.15, -0.1) is 0 Å². The molecule has 6 nitrogen and oxygen atoms in total. The topological polar surface area (TPSA) is 94.2 Å². The summed E-state index contributed by atoms with van der Waals surface area (Å²) in [6.45, 7) is 4.38. The Labute approximate surface area is 145 Å². The number of hydrogen-bond donors (Lipinski definition) is 2. The van der Waals surface area contributed by atoms with Gasteiger partial charge in [0, 0.05) is 47.2 Å². The third kappa shape index (κ3) is 2.54. The number of pyridine rings is 3. The smallest absolute Gasteiger partial charge is 0.123 e.